The molecule has 0 saturated carbocycles. The number of nitrogens with one attached hydrogen (secondary N) is 1. The predicted octanol–water partition coefficient (Wildman–Crippen LogP) is 5.58. The number of nitrogens with zero attached hydrogens (tertiary/aromatic N) is 5. The second-order valence-corrected chi connectivity index (χ2v) is 8.07. The van der Waals surface area contributed by atoms with Gasteiger partial charge in [0, 0.05) is 37.2 Å². The van der Waals surface area contributed by atoms with E-state index in [1.54, 1.807) is 30.1 Å². The van der Waals surface area contributed by atoms with E-state index in [1.165, 1.54) is 12.1 Å². The fourth-order valence-electron chi connectivity index (χ4n) is 3.82. The van der Waals surface area contributed by atoms with E-state index in [4.69, 9.17) is 9.72 Å². The first-order valence-corrected chi connectivity index (χ1v) is 10.9. The molecule has 7 nitrogen and oxygen atoms in total. The first-order valence-electron chi connectivity index (χ1n) is 10.9. The number of rotatable bonds is 7. The maximum Gasteiger partial charge on any atom is 0.433 e. The second kappa shape index (κ2) is 9.28. The van der Waals surface area contributed by atoms with Crippen LogP contribution in [0.25, 0.3) is 22.3 Å². The minimum atomic E-state index is -4.55. The van der Waals surface area contributed by atoms with Crippen molar-refractivity contribution in [2.24, 2.45) is 7.05 Å². The Kier molecular flexibility index (Phi) is 6.41. The molecule has 4 aromatic rings. The Morgan fingerprint density at radius 1 is 1.12 bits per heavy atom. The molecule has 0 spiro atoms. The minimum Gasteiger partial charge on any atom is -0.477 e. The minimum absolute atomic E-state index is 0.0490. The SMILES string of the molecule is CCOc1ncccc1-c1cc(NCc2cccnc2C(F)(F)F)c2c(C(C)C)nn(C)c2n1. The summed E-state index contributed by atoms with van der Waals surface area (Å²) in [7, 11) is 1.80. The summed E-state index contributed by atoms with van der Waals surface area (Å²) in [6.45, 7) is 6.25. The van der Waals surface area contributed by atoms with Crippen molar-refractivity contribution in [3.8, 4) is 17.1 Å². The molecule has 0 fully saturated rings. The van der Waals surface area contributed by atoms with Crippen LogP contribution in [-0.2, 0) is 19.8 Å². The molecular formula is C24H25F3N6O. The smallest absolute Gasteiger partial charge is 0.433 e. The topological polar surface area (TPSA) is 77.8 Å². The molecule has 4 heterocycles. The molecule has 0 bridgehead atoms. The molecule has 4 rings (SSSR count). The fraction of sp³-hybridized carbons (Fsp3) is 0.333. The van der Waals surface area contributed by atoms with Crippen molar-refractivity contribution in [2.45, 2.75) is 39.4 Å². The first-order chi connectivity index (χ1) is 16.2. The van der Waals surface area contributed by atoms with Crippen LogP contribution in [0.2, 0.25) is 0 Å². The number of pyridine rings is 3. The third-order valence-corrected chi connectivity index (χ3v) is 5.32. The molecule has 0 radical (unpaired) electrons. The van der Waals surface area contributed by atoms with Crippen molar-refractivity contribution in [3.05, 3.63) is 59.7 Å². The van der Waals surface area contributed by atoms with Crippen LogP contribution in [0.15, 0.2) is 42.7 Å². The second-order valence-electron chi connectivity index (χ2n) is 8.07. The summed E-state index contributed by atoms with van der Waals surface area (Å²) in [5.41, 5.74) is 2.43. The van der Waals surface area contributed by atoms with Gasteiger partial charge in [-0.05, 0) is 37.1 Å². The number of hydrogen-bond donors (Lipinski definition) is 1. The van der Waals surface area contributed by atoms with Crippen LogP contribution < -0.4 is 10.1 Å². The van der Waals surface area contributed by atoms with Crippen LogP contribution in [0.4, 0.5) is 18.9 Å². The van der Waals surface area contributed by atoms with Crippen molar-refractivity contribution in [3.63, 3.8) is 0 Å². The Morgan fingerprint density at radius 3 is 2.56 bits per heavy atom. The summed E-state index contributed by atoms with van der Waals surface area (Å²) in [6.07, 6.45) is -1.77. The zero-order valence-corrected chi connectivity index (χ0v) is 19.3. The molecule has 0 aliphatic carbocycles. The molecule has 0 saturated heterocycles. The third kappa shape index (κ3) is 4.52. The van der Waals surface area contributed by atoms with Crippen molar-refractivity contribution >= 4 is 16.7 Å². The zero-order valence-electron chi connectivity index (χ0n) is 19.3. The molecule has 0 unspecified atom stereocenters. The molecule has 0 aromatic carbocycles. The molecule has 0 aliphatic rings. The highest BCUT2D eigenvalue weighted by molar-refractivity contribution is 5.95. The highest BCUT2D eigenvalue weighted by Gasteiger charge is 2.35. The Balaban J connectivity index is 1.86. The van der Waals surface area contributed by atoms with Crippen molar-refractivity contribution < 1.29 is 17.9 Å². The lowest BCUT2D eigenvalue weighted by atomic mass is 10.0. The maximum atomic E-state index is 13.5. The Morgan fingerprint density at radius 2 is 1.85 bits per heavy atom. The predicted molar refractivity (Wildman–Crippen MR) is 124 cm³/mol. The van der Waals surface area contributed by atoms with Gasteiger partial charge in [-0.2, -0.15) is 18.3 Å². The van der Waals surface area contributed by atoms with Gasteiger partial charge < -0.3 is 10.1 Å². The van der Waals surface area contributed by atoms with Gasteiger partial charge in [0.1, 0.15) is 5.69 Å². The van der Waals surface area contributed by atoms with E-state index in [0.29, 0.717) is 35.1 Å². The number of ether oxygens (including phenoxy) is 1. The number of aryl methyl sites for hydroxylation is 1. The molecule has 34 heavy (non-hydrogen) atoms. The molecule has 10 heteroatoms. The Labute approximate surface area is 195 Å². The van der Waals surface area contributed by atoms with Crippen LogP contribution in [0.3, 0.4) is 0 Å². The molecule has 1 N–H and O–H groups in total. The number of aromatic nitrogens is 5. The number of halogens is 3. The van der Waals surface area contributed by atoms with Crippen LogP contribution in [0.5, 0.6) is 5.88 Å². The quantitative estimate of drug-likeness (QED) is 0.380. The number of fused-ring (bicyclic) bond motifs is 1. The largest absolute Gasteiger partial charge is 0.477 e. The third-order valence-electron chi connectivity index (χ3n) is 5.32. The van der Waals surface area contributed by atoms with E-state index >= 15 is 0 Å². The van der Waals surface area contributed by atoms with Gasteiger partial charge in [-0.25, -0.2) is 9.97 Å². The van der Waals surface area contributed by atoms with Gasteiger partial charge in [-0.1, -0.05) is 19.9 Å². The molecule has 178 valence electrons. The average molecular weight is 470 g/mol. The van der Waals surface area contributed by atoms with E-state index in [1.807, 2.05) is 26.8 Å². The fourth-order valence-corrected chi connectivity index (χ4v) is 3.82. The first kappa shape index (κ1) is 23.5. The van der Waals surface area contributed by atoms with Crippen LogP contribution in [-0.4, -0.2) is 31.3 Å². The lowest BCUT2D eigenvalue weighted by Crippen LogP contribution is -2.14. The molecule has 0 aliphatic heterocycles. The van der Waals surface area contributed by atoms with Gasteiger partial charge >= 0.3 is 6.18 Å². The number of anilines is 1. The van der Waals surface area contributed by atoms with Crippen molar-refractivity contribution in [1.82, 2.24) is 24.7 Å². The van der Waals surface area contributed by atoms with Crippen molar-refractivity contribution in [2.75, 3.05) is 11.9 Å². The highest BCUT2D eigenvalue weighted by atomic mass is 19.4. The van der Waals surface area contributed by atoms with E-state index < -0.39 is 11.9 Å². The highest BCUT2D eigenvalue weighted by Crippen LogP contribution is 2.36. The lowest BCUT2D eigenvalue weighted by molar-refractivity contribution is -0.141. The Hall–Kier alpha value is -3.69. The van der Waals surface area contributed by atoms with Crippen LogP contribution >= 0.6 is 0 Å². The van der Waals surface area contributed by atoms with E-state index in [0.717, 1.165) is 17.3 Å². The normalized spacial score (nSPS) is 11.9. The summed E-state index contributed by atoms with van der Waals surface area (Å²) in [6, 6.07) is 8.35. The van der Waals surface area contributed by atoms with Gasteiger partial charge in [-0.3, -0.25) is 9.67 Å². The van der Waals surface area contributed by atoms with Gasteiger partial charge in [-0.15, -0.1) is 0 Å². The lowest BCUT2D eigenvalue weighted by Gasteiger charge is -2.15. The van der Waals surface area contributed by atoms with Crippen molar-refractivity contribution in [1.29, 1.82) is 0 Å². The zero-order chi connectivity index (χ0) is 24.5. The molecule has 0 atom stereocenters. The average Bonchev–Trinajstić information content (AvgIpc) is 3.14. The van der Waals surface area contributed by atoms with E-state index in [-0.39, 0.29) is 18.0 Å². The summed E-state index contributed by atoms with van der Waals surface area (Å²) in [4.78, 5) is 12.7. The Bertz CT molecular complexity index is 1320. The summed E-state index contributed by atoms with van der Waals surface area (Å²) in [5.74, 6) is 0.513. The number of alkyl halides is 3. The van der Waals surface area contributed by atoms with Crippen LogP contribution in [0, 0.1) is 0 Å². The van der Waals surface area contributed by atoms with Gasteiger partial charge in [0.25, 0.3) is 0 Å². The van der Waals surface area contributed by atoms with Gasteiger partial charge in [0.05, 0.1) is 28.9 Å². The van der Waals surface area contributed by atoms with E-state index in [9.17, 15) is 13.2 Å². The standard InChI is InChI=1S/C24H25F3N6O/c1-5-34-23-16(9-7-11-29-23)17-12-18(19-20(14(2)3)32-33(4)22(19)31-17)30-13-15-8-6-10-28-21(15)24(25,26)27/h6-12,14H,5,13H2,1-4H3,(H,30,31). The molecule has 4 aromatic heterocycles. The summed E-state index contributed by atoms with van der Waals surface area (Å²) in [5, 5.41) is 8.59. The summed E-state index contributed by atoms with van der Waals surface area (Å²) < 4.78 is 47.8. The number of hydrogen-bond acceptors (Lipinski definition) is 6. The summed E-state index contributed by atoms with van der Waals surface area (Å²) >= 11 is 0. The molecule has 0 amide bonds. The molecular weight excluding hydrogens is 445 g/mol. The van der Waals surface area contributed by atoms with Gasteiger partial charge in [0.2, 0.25) is 5.88 Å². The monoisotopic (exact) mass is 470 g/mol. The van der Waals surface area contributed by atoms with Gasteiger partial charge in [0.15, 0.2) is 5.65 Å². The van der Waals surface area contributed by atoms with Crippen LogP contribution in [0.1, 0.15) is 43.6 Å². The van der Waals surface area contributed by atoms with E-state index in [2.05, 4.69) is 20.4 Å². The maximum absolute atomic E-state index is 13.5.